The lowest BCUT2D eigenvalue weighted by molar-refractivity contribution is -0.116. The van der Waals surface area contributed by atoms with Gasteiger partial charge in [-0.3, -0.25) is 4.79 Å². The molecule has 3 heterocycles. The Kier molecular flexibility index (Phi) is 4.61. The van der Waals surface area contributed by atoms with E-state index in [0.717, 1.165) is 39.3 Å². The molecule has 7 nitrogen and oxygen atoms in total. The van der Waals surface area contributed by atoms with Crippen LogP contribution in [0.3, 0.4) is 0 Å². The molecule has 0 bridgehead atoms. The first-order valence-corrected chi connectivity index (χ1v) is 9.74. The second-order valence-corrected chi connectivity index (χ2v) is 8.39. The van der Waals surface area contributed by atoms with Gasteiger partial charge in [0.15, 0.2) is 11.5 Å². The third-order valence-corrected chi connectivity index (χ3v) is 5.14. The number of carbonyl (C=O) groups excluding carboxylic acids is 1. The molecule has 150 valence electrons. The number of hydrogen-bond donors (Lipinski definition) is 1. The van der Waals surface area contributed by atoms with Crippen molar-refractivity contribution in [3.05, 3.63) is 53.0 Å². The second-order valence-electron chi connectivity index (χ2n) is 8.39. The summed E-state index contributed by atoms with van der Waals surface area (Å²) in [6.07, 6.45) is 0.903. The average Bonchev–Trinajstić information content (AvgIpc) is 3.26. The van der Waals surface area contributed by atoms with Crippen molar-refractivity contribution < 1.29 is 9.32 Å². The van der Waals surface area contributed by atoms with Crippen LogP contribution in [-0.2, 0) is 16.6 Å². The van der Waals surface area contributed by atoms with Crippen LogP contribution in [0.5, 0.6) is 0 Å². The van der Waals surface area contributed by atoms with E-state index in [1.54, 1.807) is 6.07 Å². The molecule has 0 aliphatic rings. The molecule has 1 N–H and O–H groups in total. The monoisotopic (exact) mass is 391 g/mol. The molecule has 0 atom stereocenters. The number of rotatable bonds is 4. The summed E-state index contributed by atoms with van der Waals surface area (Å²) in [6, 6.07) is 9.74. The molecule has 0 aliphatic carbocycles. The number of anilines is 1. The lowest BCUT2D eigenvalue weighted by Gasteiger charge is -2.12. The van der Waals surface area contributed by atoms with Crippen molar-refractivity contribution in [2.24, 2.45) is 0 Å². The summed E-state index contributed by atoms with van der Waals surface area (Å²) >= 11 is 0. The minimum atomic E-state index is -0.154. The number of aryl methyl sites for hydroxylation is 2. The highest BCUT2D eigenvalue weighted by molar-refractivity contribution is 5.92. The zero-order valence-electron chi connectivity index (χ0n) is 17.4. The van der Waals surface area contributed by atoms with E-state index in [4.69, 9.17) is 9.51 Å². The zero-order chi connectivity index (χ0) is 20.8. The van der Waals surface area contributed by atoms with E-state index in [0.29, 0.717) is 18.7 Å². The minimum absolute atomic E-state index is 0.108. The van der Waals surface area contributed by atoms with Gasteiger partial charge < -0.3 is 9.84 Å². The van der Waals surface area contributed by atoms with Gasteiger partial charge >= 0.3 is 0 Å². The quantitative estimate of drug-likeness (QED) is 0.559. The summed E-state index contributed by atoms with van der Waals surface area (Å²) < 4.78 is 7.19. The molecule has 1 amide bonds. The summed E-state index contributed by atoms with van der Waals surface area (Å²) in [5.41, 5.74) is 4.58. The standard InChI is InChI=1S/C22H25N5O2/c1-13-15(10-11-20(28)24-19-12-18(29-26-19)22(3,4)5)14(2)27-21(23-13)16-8-6-7-9-17(16)25-27/h6-9,12H,10-11H2,1-5H3,(H,24,26,28). The van der Waals surface area contributed by atoms with Gasteiger partial charge in [0.1, 0.15) is 5.76 Å². The Morgan fingerprint density at radius 1 is 1.21 bits per heavy atom. The maximum atomic E-state index is 12.4. The lowest BCUT2D eigenvalue weighted by Crippen LogP contribution is -2.14. The molecule has 0 saturated carbocycles. The van der Waals surface area contributed by atoms with Gasteiger partial charge in [-0.2, -0.15) is 5.10 Å². The Balaban J connectivity index is 1.53. The number of aromatic nitrogens is 4. The van der Waals surface area contributed by atoms with Crippen molar-refractivity contribution in [2.75, 3.05) is 5.32 Å². The Labute approximate surface area is 169 Å². The molecule has 29 heavy (non-hydrogen) atoms. The molecule has 0 saturated heterocycles. The summed E-state index contributed by atoms with van der Waals surface area (Å²) in [5.74, 6) is 1.07. The lowest BCUT2D eigenvalue weighted by atomic mass is 9.93. The highest BCUT2D eigenvalue weighted by Crippen LogP contribution is 2.25. The third kappa shape index (κ3) is 3.60. The first-order valence-electron chi connectivity index (χ1n) is 9.74. The number of nitrogens with zero attached hydrogens (tertiary/aromatic N) is 4. The van der Waals surface area contributed by atoms with Crippen LogP contribution in [0, 0.1) is 13.8 Å². The average molecular weight is 391 g/mol. The molecule has 0 spiro atoms. The van der Waals surface area contributed by atoms with Crippen LogP contribution in [-0.4, -0.2) is 25.7 Å². The van der Waals surface area contributed by atoms with Crippen molar-refractivity contribution in [1.29, 1.82) is 0 Å². The van der Waals surface area contributed by atoms with E-state index >= 15 is 0 Å². The number of amides is 1. The Hall–Kier alpha value is -3.22. The van der Waals surface area contributed by atoms with E-state index in [-0.39, 0.29) is 11.3 Å². The van der Waals surface area contributed by atoms with E-state index in [2.05, 4.69) is 15.6 Å². The maximum Gasteiger partial charge on any atom is 0.225 e. The normalized spacial score (nSPS) is 12.0. The summed E-state index contributed by atoms with van der Waals surface area (Å²) in [7, 11) is 0. The van der Waals surface area contributed by atoms with E-state index in [1.807, 2.05) is 63.4 Å². The molecule has 0 fully saturated rings. The fraction of sp³-hybridized carbons (Fsp3) is 0.364. The Morgan fingerprint density at radius 3 is 2.69 bits per heavy atom. The maximum absolute atomic E-state index is 12.4. The van der Waals surface area contributed by atoms with Gasteiger partial charge in [0.25, 0.3) is 0 Å². The number of carbonyl (C=O) groups is 1. The van der Waals surface area contributed by atoms with Crippen molar-refractivity contribution in [1.82, 2.24) is 19.8 Å². The molecule has 0 unspecified atom stereocenters. The highest BCUT2D eigenvalue weighted by Gasteiger charge is 2.20. The van der Waals surface area contributed by atoms with Crippen molar-refractivity contribution >= 4 is 28.3 Å². The summed E-state index contributed by atoms with van der Waals surface area (Å²) in [5, 5.41) is 12.5. The van der Waals surface area contributed by atoms with Crippen LogP contribution in [0.15, 0.2) is 34.9 Å². The first kappa shape index (κ1) is 19.1. The van der Waals surface area contributed by atoms with Gasteiger partial charge in [-0.15, -0.1) is 0 Å². The highest BCUT2D eigenvalue weighted by atomic mass is 16.5. The van der Waals surface area contributed by atoms with Crippen LogP contribution in [0.2, 0.25) is 0 Å². The molecule has 7 heteroatoms. The minimum Gasteiger partial charge on any atom is -0.359 e. The van der Waals surface area contributed by atoms with Crippen LogP contribution in [0.4, 0.5) is 5.82 Å². The summed E-state index contributed by atoms with van der Waals surface area (Å²) in [4.78, 5) is 17.2. The van der Waals surface area contributed by atoms with Crippen molar-refractivity contribution in [2.45, 2.75) is 52.9 Å². The van der Waals surface area contributed by atoms with Gasteiger partial charge in [-0.05, 0) is 38.0 Å². The topological polar surface area (TPSA) is 85.3 Å². The number of hydrogen-bond acceptors (Lipinski definition) is 5. The largest absolute Gasteiger partial charge is 0.359 e. The predicted octanol–water partition coefficient (Wildman–Crippen LogP) is 4.36. The smallest absolute Gasteiger partial charge is 0.225 e. The van der Waals surface area contributed by atoms with Crippen molar-refractivity contribution in [3.63, 3.8) is 0 Å². The van der Waals surface area contributed by atoms with E-state index in [9.17, 15) is 4.79 Å². The van der Waals surface area contributed by atoms with Gasteiger partial charge in [0, 0.05) is 34.7 Å². The van der Waals surface area contributed by atoms with Gasteiger partial charge in [0.2, 0.25) is 5.91 Å². The summed E-state index contributed by atoms with van der Waals surface area (Å²) in [6.45, 7) is 10.1. The van der Waals surface area contributed by atoms with Gasteiger partial charge in [-0.25, -0.2) is 9.50 Å². The molecule has 0 aliphatic heterocycles. The molecular formula is C22H25N5O2. The van der Waals surface area contributed by atoms with Gasteiger partial charge in [-0.1, -0.05) is 38.1 Å². The first-order chi connectivity index (χ1) is 13.7. The third-order valence-electron chi connectivity index (χ3n) is 5.14. The molecular weight excluding hydrogens is 366 g/mol. The molecule has 3 aromatic heterocycles. The number of nitrogens with one attached hydrogen (secondary N) is 1. The molecule has 4 aromatic rings. The predicted molar refractivity (Wildman–Crippen MR) is 112 cm³/mol. The SMILES string of the molecule is Cc1nc2c3ccccc3nn2c(C)c1CCC(=O)Nc1cc(C(C)(C)C)on1. The van der Waals surface area contributed by atoms with E-state index in [1.165, 1.54) is 0 Å². The fourth-order valence-electron chi connectivity index (χ4n) is 3.47. The zero-order valence-corrected chi connectivity index (χ0v) is 17.4. The van der Waals surface area contributed by atoms with Crippen LogP contribution in [0.25, 0.3) is 16.6 Å². The van der Waals surface area contributed by atoms with E-state index < -0.39 is 0 Å². The molecule has 0 radical (unpaired) electrons. The van der Waals surface area contributed by atoms with Crippen LogP contribution >= 0.6 is 0 Å². The number of fused-ring (bicyclic) bond motifs is 3. The molecule has 1 aromatic carbocycles. The molecule has 4 rings (SSSR count). The Bertz CT molecular complexity index is 1210. The second kappa shape index (κ2) is 6.99. The van der Waals surface area contributed by atoms with Crippen LogP contribution < -0.4 is 5.32 Å². The Morgan fingerprint density at radius 2 is 1.97 bits per heavy atom. The fourth-order valence-corrected chi connectivity index (χ4v) is 3.47. The van der Waals surface area contributed by atoms with Gasteiger partial charge in [0.05, 0.1) is 5.52 Å². The number of benzene rings is 1. The van der Waals surface area contributed by atoms with Crippen LogP contribution in [0.1, 0.15) is 49.9 Å². The van der Waals surface area contributed by atoms with Crippen molar-refractivity contribution in [3.8, 4) is 0 Å².